The van der Waals surface area contributed by atoms with E-state index in [0.717, 1.165) is 36.1 Å². The third kappa shape index (κ3) is 4.27. The number of carboxylic acids is 1. The summed E-state index contributed by atoms with van der Waals surface area (Å²) >= 11 is 3.35. The van der Waals surface area contributed by atoms with Crippen LogP contribution in [-0.4, -0.2) is 17.7 Å². The summed E-state index contributed by atoms with van der Waals surface area (Å²) in [5.74, 6) is 0.467. The second kappa shape index (κ2) is 8.23. The summed E-state index contributed by atoms with van der Waals surface area (Å²) in [6.07, 6.45) is 3.18. The van der Waals surface area contributed by atoms with Crippen LogP contribution >= 0.6 is 15.9 Å². The molecule has 5 heteroatoms. The molecule has 4 rings (SSSR count). The van der Waals surface area contributed by atoms with Crippen molar-refractivity contribution in [3.63, 3.8) is 0 Å². The number of aryl methyl sites for hydroxylation is 1. The molecule has 2 atom stereocenters. The number of ether oxygens (including phenoxy) is 1. The zero-order valence-corrected chi connectivity index (χ0v) is 16.5. The third-order valence-electron chi connectivity index (χ3n) is 5.00. The van der Waals surface area contributed by atoms with Gasteiger partial charge in [-0.3, -0.25) is 4.79 Å². The highest BCUT2D eigenvalue weighted by Crippen LogP contribution is 2.43. The minimum absolute atomic E-state index is 0.132. The first-order valence-electron chi connectivity index (χ1n) is 8.96. The molecule has 26 heavy (non-hydrogen) atoms. The quantitative estimate of drug-likeness (QED) is 0.765. The molecule has 0 spiro atoms. The van der Waals surface area contributed by atoms with Crippen molar-refractivity contribution >= 4 is 21.9 Å². The van der Waals surface area contributed by atoms with Gasteiger partial charge in [-0.25, -0.2) is 0 Å². The average molecular weight is 418 g/mol. The van der Waals surface area contributed by atoms with Gasteiger partial charge in [-0.2, -0.15) is 0 Å². The lowest BCUT2D eigenvalue weighted by Crippen LogP contribution is -2.05. The van der Waals surface area contributed by atoms with E-state index in [4.69, 9.17) is 15.6 Å². The molecular weight excluding hydrogens is 394 g/mol. The normalized spacial score (nSPS) is 18.2. The Morgan fingerprint density at radius 2 is 2.00 bits per heavy atom. The third-order valence-corrected chi connectivity index (χ3v) is 5.53. The monoisotopic (exact) mass is 417 g/mol. The molecule has 4 nitrogen and oxygen atoms in total. The van der Waals surface area contributed by atoms with Gasteiger partial charge in [-0.05, 0) is 60.6 Å². The maximum atomic E-state index is 10.8. The van der Waals surface area contributed by atoms with E-state index in [-0.39, 0.29) is 18.4 Å². The summed E-state index contributed by atoms with van der Waals surface area (Å²) in [5, 5.41) is 8.92. The zero-order chi connectivity index (χ0) is 18.7. The van der Waals surface area contributed by atoms with E-state index < -0.39 is 5.97 Å². The van der Waals surface area contributed by atoms with Gasteiger partial charge >= 0.3 is 5.97 Å². The topological polar surface area (TPSA) is 72.6 Å². The first-order valence-corrected chi connectivity index (χ1v) is 9.75. The van der Waals surface area contributed by atoms with E-state index in [1.165, 1.54) is 22.3 Å². The number of halogens is 1. The van der Waals surface area contributed by atoms with Gasteiger partial charge in [-0.1, -0.05) is 34.1 Å². The first-order chi connectivity index (χ1) is 12.5. The fourth-order valence-electron chi connectivity index (χ4n) is 3.73. The highest BCUT2D eigenvalue weighted by Gasteiger charge is 2.30. The van der Waals surface area contributed by atoms with Crippen molar-refractivity contribution in [3.8, 4) is 5.75 Å². The molecule has 138 valence electrons. The van der Waals surface area contributed by atoms with Crippen LogP contribution in [0.15, 0.2) is 40.9 Å². The number of rotatable bonds is 3. The van der Waals surface area contributed by atoms with Gasteiger partial charge in [0.15, 0.2) is 0 Å². The Labute approximate surface area is 162 Å². The minimum atomic E-state index is -0.700. The van der Waals surface area contributed by atoms with Crippen LogP contribution in [0.1, 0.15) is 54.0 Å². The Hall–Kier alpha value is -1.85. The van der Waals surface area contributed by atoms with Crippen molar-refractivity contribution in [3.05, 3.63) is 63.1 Å². The van der Waals surface area contributed by atoms with Crippen LogP contribution in [0.4, 0.5) is 0 Å². The highest BCUT2D eigenvalue weighted by molar-refractivity contribution is 9.10. The molecule has 0 fully saturated rings. The van der Waals surface area contributed by atoms with Crippen LogP contribution < -0.4 is 10.5 Å². The van der Waals surface area contributed by atoms with Gasteiger partial charge in [0.2, 0.25) is 0 Å². The summed E-state index contributed by atoms with van der Waals surface area (Å²) in [6.45, 7) is 2.72. The Balaban J connectivity index is 0.000000170. The second-order valence-electron chi connectivity index (χ2n) is 6.89. The molecule has 0 amide bonds. The number of aliphatic carboxylic acids is 1. The van der Waals surface area contributed by atoms with Crippen LogP contribution in [-0.2, 0) is 17.6 Å². The number of fused-ring (bicyclic) bond motifs is 3. The fraction of sp³-hybridized carbons (Fsp3) is 0.381. The molecule has 2 aliphatic rings. The number of benzene rings is 2. The molecule has 0 saturated carbocycles. The van der Waals surface area contributed by atoms with Crippen molar-refractivity contribution in [2.45, 2.75) is 44.6 Å². The largest absolute Gasteiger partial charge is 0.493 e. The fourth-order valence-corrected chi connectivity index (χ4v) is 4.00. The number of hydrogen-bond acceptors (Lipinski definition) is 3. The average Bonchev–Trinajstić information content (AvgIpc) is 3.21. The summed E-state index contributed by atoms with van der Waals surface area (Å²) in [4.78, 5) is 10.8. The molecule has 0 saturated heterocycles. The van der Waals surface area contributed by atoms with Gasteiger partial charge in [0.25, 0.3) is 0 Å². The molecular formula is C21H24BrNO3. The maximum Gasteiger partial charge on any atom is 0.303 e. The second-order valence-corrected chi connectivity index (χ2v) is 7.80. The van der Waals surface area contributed by atoms with Crippen LogP contribution in [0.25, 0.3) is 0 Å². The van der Waals surface area contributed by atoms with E-state index in [2.05, 4.69) is 22.0 Å². The molecule has 2 aromatic carbocycles. The summed E-state index contributed by atoms with van der Waals surface area (Å²) in [6, 6.07) is 12.3. The Kier molecular flexibility index (Phi) is 5.99. The number of carboxylic acid groups (broad SMARTS) is 1. The molecule has 0 aromatic heterocycles. The van der Waals surface area contributed by atoms with Crippen molar-refractivity contribution in [1.29, 1.82) is 0 Å². The summed E-state index contributed by atoms with van der Waals surface area (Å²) < 4.78 is 6.62. The number of nitrogens with two attached hydrogens (primary N) is 1. The smallest absolute Gasteiger partial charge is 0.303 e. The van der Waals surface area contributed by atoms with E-state index >= 15 is 0 Å². The van der Waals surface area contributed by atoms with Gasteiger partial charge in [-0.15, -0.1) is 0 Å². The number of hydrogen-bond donors (Lipinski definition) is 2. The van der Waals surface area contributed by atoms with E-state index in [9.17, 15) is 4.79 Å². The molecule has 1 aliphatic carbocycles. The molecule has 0 unspecified atom stereocenters. The summed E-state index contributed by atoms with van der Waals surface area (Å²) in [7, 11) is 0. The van der Waals surface area contributed by atoms with Crippen LogP contribution in [0.5, 0.6) is 5.75 Å². The SMILES string of the molecule is C[C@@H](N)c1ccc(Br)cc1.O=C(O)C[C@@H]1CCc2ccc3c(c21)CCO3. The molecule has 1 heterocycles. The maximum absolute atomic E-state index is 10.8. The van der Waals surface area contributed by atoms with Gasteiger partial charge < -0.3 is 15.6 Å². The van der Waals surface area contributed by atoms with E-state index in [0.29, 0.717) is 0 Å². The van der Waals surface area contributed by atoms with E-state index in [1.807, 2.05) is 37.3 Å². The molecule has 1 aliphatic heterocycles. The van der Waals surface area contributed by atoms with Crippen molar-refractivity contribution in [1.82, 2.24) is 0 Å². The Morgan fingerprint density at radius 3 is 2.65 bits per heavy atom. The molecule has 0 bridgehead atoms. The predicted molar refractivity (Wildman–Crippen MR) is 106 cm³/mol. The Morgan fingerprint density at radius 1 is 1.27 bits per heavy atom. The molecule has 0 radical (unpaired) electrons. The highest BCUT2D eigenvalue weighted by atomic mass is 79.9. The molecule has 2 aromatic rings. The van der Waals surface area contributed by atoms with Crippen LogP contribution in [0.2, 0.25) is 0 Å². The van der Waals surface area contributed by atoms with E-state index in [1.54, 1.807) is 0 Å². The van der Waals surface area contributed by atoms with Crippen LogP contribution in [0.3, 0.4) is 0 Å². The summed E-state index contributed by atoms with van der Waals surface area (Å²) in [5.41, 5.74) is 10.7. The minimum Gasteiger partial charge on any atom is -0.493 e. The van der Waals surface area contributed by atoms with Crippen LogP contribution in [0, 0.1) is 0 Å². The standard InChI is InChI=1S/C13H14O3.C8H10BrN/c14-12(15)7-9-2-1-8-3-4-11-10(13(8)9)5-6-16-11;1-6(10)7-2-4-8(9)5-3-7/h3-4,9H,1-2,5-7H2,(H,14,15);2-6H,10H2,1H3/t9-;6-/m01/s1. The van der Waals surface area contributed by atoms with Crippen molar-refractivity contribution < 1.29 is 14.6 Å². The number of carbonyl (C=O) groups is 1. The lowest BCUT2D eigenvalue weighted by Gasteiger charge is -2.12. The Bertz CT molecular complexity index is 787. The molecule has 3 N–H and O–H groups in total. The van der Waals surface area contributed by atoms with Crippen molar-refractivity contribution in [2.24, 2.45) is 5.73 Å². The lowest BCUT2D eigenvalue weighted by molar-refractivity contribution is -0.137. The van der Waals surface area contributed by atoms with Gasteiger partial charge in [0, 0.05) is 22.5 Å². The lowest BCUT2D eigenvalue weighted by atomic mass is 9.92. The zero-order valence-electron chi connectivity index (χ0n) is 14.9. The van der Waals surface area contributed by atoms with Gasteiger partial charge in [0.1, 0.15) is 5.75 Å². The van der Waals surface area contributed by atoms with Gasteiger partial charge in [0.05, 0.1) is 13.0 Å². The first kappa shape index (κ1) is 18.9. The predicted octanol–water partition coefficient (Wildman–Crippen LogP) is 4.59. The van der Waals surface area contributed by atoms with Crippen molar-refractivity contribution in [2.75, 3.05) is 6.61 Å².